The van der Waals surface area contributed by atoms with Gasteiger partial charge >= 0.3 is 0 Å². The molecule has 1 spiro atoms. The van der Waals surface area contributed by atoms with Gasteiger partial charge in [-0.15, -0.1) is 0 Å². The first kappa shape index (κ1) is 19.4. The van der Waals surface area contributed by atoms with E-state index in [0.717, 1.165) is 45.7 Å². The van der Waals surface area contributed by atoms with Gasteiger partial charge in [0.2, 0.25) is 0 Å². The molecule has 2 saturated heterocycles. The van der Waals surface area contributed by atoms with Gasteiger partial charge in [-0.05, 0) is 45.3 Å². The van der Waals surface area contributed by atoms with Gasteiger partial charge in [-0.25, -0.2) is 0 Å². The summed E-state index contributed by atoms with van der Waals surface area (Å²) in [7, 11) is 0. The van der Waals surface area contributed by atoms with Gasteiger partial charge in [-0.2, -0.15) is 0 Å². The lowest BCUT2D eigenvalue weighted by Crippen LogP contribution is -2.39. The van der Waals surface area contributed by atoms with E-state index in [1.165, 1.54) is 29.5 Å². The van der Waals surface area contributed by atoms with Crippen molar-refractivity contribution in [2.75, 3.05) is 39.3 Å². The number of likely N-dealkylation sites (tertiary alicyclic amines) is 2. The van der Waals surface area contributed by atoms with E-state index in [0.29, 0.717) is 18.7 Å². The molecule has 0 radical (unpaired) electrons. The highest BCUT2D eigenvalue weighted by Gasteiger charge is 2.46. The molecule has 3 aliphatic heterocycles. The van der Waals surface area contributed by atoms with Crippen molar-refractivity contribution in [3.63, 3.8) is 0 Å². The highest BCUT2D eigenvalue weighted by molar-refractivity contribution is 6.39. The number of nitrogens with zero attached hydrogens (tertiary/aromatic N) is 3. The molecule has 0 saturated carbocycles. The summed E-state index contributed by atoms with van der Waals surface area (Å²) in [5.41, 5.74) is 4.18. The third-order valence-corrected chi connectivity index (χ3v) is 6.10. The van der Waals surface area contributed by atoms with Gasteiger partial charge < -0.3 is 15.1 Å². The lowest BCUT2D eigenvalue weighted by atomic mass is 9.96. The number of nitrogens with one attached hydrogen (secondary N) is 1. The lowest BCUT2D eigenvalue weighted by Gasteiger charge is -2.22. The van der Waals surface area contributed by atoms with Crippen LogP contribution < -0.4 is 5.32 Å². The second kappa shape index (κ2) is 8.21. The van der Waals surface area contributed by atoms with E-state index < -0.39 is 0 Å². The highest BCUT2D eigenvalue weighted by Crippen LogP contribution is 2.34. The van der Waals surface area contributed by atoms with E-state index in [1.807, 2.05) is 0 Å². The smallest absolute Gasteiger partial charge is 0.269 e. The maximum atomic E-state index is 12.5. The molecule has 1 aromatic rings. The molecule has 1 N–H and O–H groups in total. The molecule has 3 aliphatic rings. The topological polar surface area (TPSA) is 57.2 Å². The van der Waals surface area contributed by atoms with Gasteiger partial charge in [-0.3, -0.25) is 9.69 Å². The number of carbonyl (C=O) groups is 1. The Kier molecular flexibility index (Phi) is 5.69. The first-order valence-electron chi connectivity index (χ1n) is 10.6. The molecule has 2 fully saturated rings. The maximum absolute atomic E-state index is 12.5. The molecule has 0 aromatic heterocycles. The zero-order valence-corrected chi connectivity index (χ0v) is 17.2. The van der Waals surface area contributed by atoms with E-state index in [1.54, 1.807) is 0 Å². The van der Waals surface area contributed by atoms with E-state index in [-0.39, 0.29) is 11.5 Å². The van der Waals surface area contributed by atoms with Crippen LogP contribution in [0.15, 0.2) is 23.4 Å². The Morgan fingerprint density at radius 1 is 1.14 bits per heavy atom. The molecule has 1 amide bonds. The third-order valence-electron chi connectivity index (χ3n) is 6.10. The summed E-state index contributed by atoms with van der Waals surface area (Å²) in [6.45, 7) is 10.9. The van der Waals surface area contributed by atoms with E-state index in [2.05, 4.69) is 52.3 Å². The van der Waals surface area contributed by atoms with Crippen LogP contribution in [-0.4, -0.2) is 66.3 Å². The Morgan fingerprint density at radius 3 is 2.64 bits per heavy atom. The molecule has 1 aromatic carbocycles. The standard InChI is InChI=1S/C22H32N4O2/c1-17-11-18(2)13-19(12-17)15-26-9-5-22(16-26)14-20(24-28-22)21(27)23-6-10-25-7-3-4-8-25/h11-13H,3-10,14-16H2,1-2H3,(H,23,27)/t22-/m1/s1. The fourth-order valence-corrected chi connectivity index (χ4v) is 4.78. The number of hydrogen-bond donors (Lipinski definition) is 1. The SMILES string of the molecule is Cc1cc(C)cc(CN2CC[C@@]3(CC(C(=O)NCCN4CCCC4)=NO3)C2)c1. The van der Waals surface area contributed by atoms with Gasteiger partial charge in [-0.1, -0.05) is 34.5 Å². The van der Waals surface area contributed by atoms with Crippen LogP contribution in [0.5, 0.6) is 0 Å². The molecule has 0 aliphatic carbocycles. The van der Waals surface area contributed by atoms with Crippen LogP contribution in [0.25, 0.3) is 0 Å². The predicted molar refractivity (Wildman–Crippen MR) is 110 cm³/mol. The predicted octanol–water partition coefficient (Wildman–Crippen LogP) is 2.24. The lowest BCUT2D eigenvalue weighted by molar-refractivity contribution is -0.114. The molecular weight excluding hydrogens is 352 g/mol. The molecule has 6 nitrogen and oxygen atoms in total. The number of benzene rings is 1. The summed E-state index contributed by atoms with van der Waals surface area (Å²) in [6.07, 6.45) is 4.09. The van der Waals surface area contributed by atoms with Crippen molar-refractivity contribution >= 4 is 11.6 Å². The first-order chi connectivity index (χ1) is 13.5. The molecule has 152 valence electrons. The highest BCUT2D eigenvalue weighted by atomic mass is 16.7. The largest absolute Gasteiger partial charge is 0.387 e. The second-order valence-electron chi connectivity index (χ2n) is 8.75. The average molecular weight is 385 g/mol. The number of oxime groups is 1. The van der Waals surface area contributed by atoms with Crippen LogP contribution >= 0.6 is 0 Å². The Labute approximate surface area is 167 Å². The third kappa shape index (κ3) is 4.55. The van der Waals surface area contributed by atoms with E-state index in [9.17, 15) is 4.79 Å². The van der Waals surface area contributed by atoms with Crippen molar-refractivity contribution < 1.29 is 9.63 Å². The number of carbonyl (C=O) groups excluding carboxylic acids is 1. The number of amides is 1. The van der Waals surface area contributed by atoms with Gasteiger partial charge in [0.1, 0.15) is 5.71 Å². The van der Waals surface area contributed by atoms with Crippen molar-refractivity contribution in [2.24, 2.45) is 5.16 Å². The van der Waals surface area contributed by atoms with Crippen LogP contribution in [-0.2, 0) is 16.2 Å². The molecule has 0 unspecified atom stereocenters. The molecule has 1 atom stereocenters. The van der Waals surface area contributed by atoms with E-state index in [4.69, 9.17) is 4.84 Å². The Bertz CT molecular complexity index is 737. The second-order valence-corrected chi connectivity index (χ2v) is 8.75. The zero-order valence-electron chi connectivity index (χ0n) is 17.2. The minimum atomic E-state index is -0.319. The Morgan fingerprint density at radius 2 is 1.89 bits per heavy atom. The van der Waals surface area contributed by atoms with Crippen LogP contribution in [0, 0.1) is 13.8 Å². The summed E-state index contributed by atoms with van der Waals surface area (Å²) in [6, 6.07) is 6.71. The van der Waals surface area contributed by atoms with Crippen molar-refractivity contribution in [1.29, 1.82) is 0 Å². The summed E-state index contributed by atoms with van der Waals surface area (Å²) >= 11 is 0. The molecular formula is C22H32N4O2. The monoisotopic (exact) mass is 384 g/mol. The van der Waals surface area contributed by atoms with Crippen LogP contribution in [0.4, 0.5) is 0 Å². The van der Waals surface area contributed by atoms with Crippen LogP contribution in [0.3, 0.4) is 0 Å². The maximum Gasteiger partial charge on any atom is 0.269 e. The normalized spacial score (nSPS) is 25.3. The van der Waals surface area contributed by atoms with Crippen molar-refractivity contribution in [1.82, 2.24) is 15.1 Å². The van der Waals surface area contributed by atoms with Gasteiger partial charge in [0.15, 0.2) is 5.60 Å². The van der Waals surface area contributed by atoms with Gasteiger partial charge in [0.05, 0.1) is 0 Å². The molecule has 4 rings (SSSR count). The quantitative estimate of drug-likeness (QED) is 0.817. The Hall–Kier alpha value is -1.92. The fraction of sp³-hybridized carbons (Fsp3) is 0.636. The molecule has 3 heterocycles. The minimum Gasteiger partial charge on any atom is -0.387 e. The van der Waals surface area contributed by atoms with Crippen molar-refractivity contribution in [3.05, 3.63) is 34.9 Å². The van der Waals surface area contributed by atoms with Gasteiger partial charge in [0.25, 0.3) is 5.91 Å². The zero-order chi connectivity index (χ0) is 19.6. The molecule has 6 heteroatoms. The van der Waals surface area contributed by atoms with Crippen LogP contribution in [0.2, 0.25) is 0 Å². The average Bonchev–Trinajstić information content (AvgIpc) is 3.37. The first-order valence-corrected chi connectivity index (χ1v) is 10.6. The van der Waals surface area contributed by atoms with Crippen LogP contribution in [0.1, 0.15) is 42.4 Å². The summed E-state index contributed by atoms with van der Waals surface area (Å²) in [5, 5.41) is 7.17. The fourth-order valence-electron chi connectivity index (χ4n) is 4.78. The van der Waals surface area contributed by atoms with Crippen molar-refractivity contribution in [3.8, 4) is 0 Å². The Balaban J connectivity index is 1.25. The number of hydrogen-bond acceptors (Lipinski definition) is 5. The number of rotatable bonds is 6. The molecule has 0 bridgehead atoms. The summed E-state index contributed by atoms with van der Waals surface area (Å²) in [4.78, 5) is 23.1. The van der Waals surface area contributed by atoms with Crippen molar-refractivity contribution in [2.45, 2.75) is 51.7 Å². The van der Waals surface area contributed by atoms with Gasteiger partial charge in [0, 0.05) is 45.6 Å². The summed E-state index contributed by atoms with van der Waals surface area (Å²) < 4.78 is 0. The minimum absolute atomic E-state index is 0.0659. The number of aryl methyl sites for hydroxylation is 2. The molecule has 28 heavy (non-hydrogen) atoms. The van der Waals surface area contributed by atoms with E-state index >= 15 is 0 Å². The summed E-state index contributed by atoms with van der Waals surface area (Å²) in [5.74, 6) is -0.0659.